The molecule has 8 heteroatoms. The van der Waals surface area contributed by atoms with Crippen molar-refractivity contribution in [2.75, 3.05) is 13.1 Å². The Morgan fingerprint density at radius 3 is 2.53 bits per heavy atom. The Balaban J connectivity index is 1.52. The average molecular weight is 407 g/mol. The Kier molecular flexibility index (Phi) is 5.31. The van der Waals surface area contributed by atoms with Gasteiger partial charge in [0.15, 0.2) is 0 Å². The second kappa shape index (κ2) is 8.06. The monoisotopic (exact) mass is 407 g/mol. The van der Waals surface area contributed by atoms with Crippen molar-refractivity contribution < 1.29 is 14.0 Å². The van der Waals surface area contributed by atoms with Crippen molar-refractivity contribution in [1.82, 2.24) is 25.0 Å². The first-order chi connectivity index (χ1) is 14.5. The van der Waals surface area contributed by atoms with Crippen LogP contribution in [0.1, 0.15) is 21.7 Å². The summed E-state index contributed by atoms with van der Waals surface area (Å²) in [6, 6.07) is 13.5. The zero-order valence-corrected chi connectivity index (χ0v) is 16.6. The second-order valence-corrected chi connectivity index (χ2v) is 7.55. The number of pyridine rings is 1. The summed E-state index contributed by atoms with van der Waals surface area (Å²) < 4.78 is 15.8. The molecule has 1 fully saturated rings. The smallest absolute Gasteiger partial charge is 0.272 e. The van der Waals surface area contributed by atoms with Gasteiger partial charge in [-0.1, -0.05) is 24.3 Å². The fourth-order valence-electron chi connectivity index (χ4n) is 3.78. The van der Waals surface area contributed by atoms with Crippen LogP contribution in [0.2, 0.25) is 0 Å². The largest absolute Gasteiger partial charge is 0.350 e. The average Bonchev–Trinajstić information content (AvgIpc) is 3.16. The van der Waals surface area contributed by atoms with Crippen LogP contribution in [0.25, 0.3) is 0 Å². The molecule has 1 aliphatic heterocycles. The van der Waals surface area contributed by atoms with E-state index in [1.807, 2.05) is 12.1 Å². The van der Waals surface area contributed by atoms with Crippen LogP contribution in [-0.4, -0.2) is 44.6 Å². The number of rotatable bonds is 6. The molecule has 30 heavy (non-hydrogen) atoms. The number of halogens is 1. The summed E-state index contributed by atoms with van der Waals surface area (Å²) in [6.07, 6.45) is 3.43. The molecule has 1 aromatic carbocycles. The zero-order chi connectivity index (χ0) is 21.1. The second-order valence-electron chi connectivity index (χ2n) is 7.55. The van der Waals surface area contributed by atoms with Crippen molar-refractivity contribution in [3.8, 4) is 0 Å². The summed E-state index contributed by atoms with van der Waals surface area (Å²) >= 11 is 0. The van der Waals surface area contributed by atoms with Crippen LogP contribution in [0.3, 0.4) is 0 Å². The molecular weight excluding hydrogens is 385 g/mol. The summed E-state index contributed by atoms with van der Waals surface area (Å²) in [5, 5.41) is 6.93. The van der Waals surface area contributed by atoms with Crippen LogP contribution in [-0.2, 0) is 24.8 Å². The van der Waals surface area contributed by atoms with E-state index in [-0.39, 0.29) is 43.7 Å². The fourth-order valence-corrected chi connectivity index (χ4v) is 3.78. The number of benzene rings is 1. The van der Waals surface area contributed by atoms with Crippen LogP contribution < -0.4 is 5.32 Å². The van der Waals surface area contributed by atoms with Gasteiger partial charge in [-0.2, -0.15) is 5.10 Å². The van der Waals surface area contributed by atoms with E-state index in [2.05, 4.69) is 15.4 Å². The lowest BCUT2D eigenvalue weighted by Gasteiger charge is -2.48. The highest BCUT2D eigenvalue weighted by Crippen LogP contribution is 2.36. The van der Waals surface area contributed by atoms with Crippen molar-refractivity contribution in [3.05, 3.63) is 83.7 Å². The number of amides is 2. The van der Waals surface area contributed by atoms with Gasteiger partial charge in [-0.15, -0.1) is 0 Å². The Morgan fingerprint density at radius 1 is 1.10 bits per heavy atom. The van der Waals surface area contributed by atoms with E-state index in [0.717, 1.165) is 5.69 Å². The minimum Gasteiger partial charge on any atom is -0.350 e. The molecule has 0 unspecified atom stereocenters. The highest BCUT2D eigenvalue weighted by molar-refractivity contribution is 5.95. The van der Waals surface area contributed by atoms with E-state index in [9.17, 15) is 14.0 Å². The van der Waals surface area contributed by atoms with Crippen LogP contribution >= 0.6 is 0 Å². The summed E-state index contributed by atoms with van der Waals surface area (Å²) in [7, 11) is 1.69. The summed E-state index contributed by atoms with van der Waals surface area (Å²) in [5.74, 6) is -0.770. The highest BCUT2D eigenvalue weighted by atomic mass is 19.1. The lowest BCUT2D eigenvalue weighted by atomic mass is 9.73. The lowest BCUT2D eigenvalue weighted by molar-refractivity contribution is -0.139. The van der Waals surface area contributed by atoms with Crippen LogP contribution in [0, 0.1) is 11.2 Å². The van der Waals surface area contributed by atoms with E-state index in [1.54, 1.807) is 54.7 Å². The molecule has 4 rings (SSSR count). The van der Waals surface area contributed by atoms with Gasteiger partial charge in [-0.25, -0.2) is 4.39 Å². The van der Waals surface area contributed by atoms with Gasteiger partial charge < -0.3 is 10.2 Å². The number of aromatic nitrogens is 3. The molecule has 0 radical (unpaired) electrons. The molecule has 2 aromatic heterocycles. The molecule has 154 valence electrons. The third-order valence-electron chi connectivity index (χ3n) is 5.44. The van der Waals surface area contributed by atoms with Gasteiger partial charge in [0, 0.05) is 32.5 Å². The van der Waals surface area contributed by atoms with Gasteiger partial charge in [0.25, 0.3) is 5.91 Å². The maximum atomic E-state index is 14.3. The van der Waals surface area contributed by atoms with Crippen molar-refractivity contribution in [2.45, 2.75) is 13.0 Å². The molecule has 3 aromatic rings. The van der Waals surface area contributed by atoms with E-state index in [4.69, 9.17) is 0 Å². The van der Waals surface area contributed by atoms with Gasteiger partial charge in [0.1, 0.15) is 11.5 Å². The Labute approximate surface area is 173 Å². The van der Waals surface area contributed by atoms with E-state index in [1.165, 1.54) is 10.7 Å². The van der Waals surface area contributed by atoms with Crippen LogP contribution in [0.5, 0.6) is 0 Å². The summed E-state index contributed by atoms with van der Waals surface area (Å²) in [6.45, 7) is 0.688. The quantitative estimate of drug-likeness (QED) is 0.677. The zero-order valence-electron chi connectivity index (χ0n) is 16.6. The van der Waals surface area contributed by atoms with Gasteiger partial charge in [-0.3, -0.25) is 19.3 Å². The number of carbonyl (C=O) groups is 2. The minimum atomic E-state index is -0.898. The van der Waals surface area contributed by atoms with Gasteiger partial charge >= 0.3 is 0 Å². The molecule has 2 amide bonds. The number of hydrogen-bond donors (Lipinski definition) is 1. The molecule has 0 bridgehead atoms. The molecule has 0 atom stereocenters. The van der Waals surface area contributed by atoms with Crippen molar-refractivity contribution in [2.24, 2.45) is 12.5 Å². The molecule has 0 saturated carbocycles. The van der Waals surface area contributed by atoms with Gasteiger partial charge in [-0.05, 0) is 36.2 Å². The topological polar surface area (TPSA) is 80.1 Å². The highest BCUT2D eigenvalue weighted by Gasteiger charge is 2.51. The predicted octanol–water partition coefficient (Wildman–Crippen LogP) is 1.96. The summed E-state index contributed by atoms with van der Waals surface area (Å²) in [5.41, 5.74) is 0.737. The van der Waals surface area contributed by atoms with Crippen molar-refractivity contribution >= 4 is 11.8 Å². The number of carbonyl (C=O) groups excluding carboxylic acids is 2. The molecule has 1 saturated heterocycles. The third kappa shape index (κ3) is 3.80. The number of nitrogens with zero attached hydrogens (tertiary/aromatic N) is 4. The number of likely N-dealkylation sites (tertiary alicyclic amines) is 1. The molecular formula is C22H22FN5O2. The van der Waals surface area contributed by atoms with Gasteiger partial charge in [0.2, 0.25) is 5.91 Å². The van der Waals surface area contributed by atoms with Crippen LogP contribution in [0.15, 0.2) is 60.9 Å². The first kappa shape index (κ1) is 19.8. The van der Waals surface area contributed by atoms with Gasteiger partial charge in [0.05, 0.1) is 17.7 Å². The van der Waals surface area contributed by atoms with E-state index >= 15 is 0 Å². The minimum absolute atomic E-state index is 0.198. The Bertz CT molecular complexity index is 1060. The number of hydrogen-bond acceptors (Lipinski definition) is 4. The number of aryl methyl sites for hydroxylation is 1. The molecule has 1 aliphatic rings. The molecule has 7 nitrogen and oxygen atoms in total. The molecule has 0 aliphatic carbocycles. The predicted molar refractivity (Wildman–Crippen MR) is 108 cm³/mol. The number of nitrogens with one attached hydrogen (secondary N) is 1. The standard InChI is InChI=1S/C22H22FN5O2/c1-27-19(9-11-26-27)20(29)28-14-22(15-28,12-16-6-2-3-8-18(16)23)21(30)25-13-17-7-4-5-10-24-17/h2-11H,12-15H2,1H3,(H,25,30). The maximum Gasteiger partial charge on any atom is 0.272 e. The maximum absolute atomic E-state index is 14.3. The van der Waals surface area contributed by atoms with E-state index < -0.39 is 5.41 Å². The Hall–Kier alpha value is -3.55. The van der Waals surface area contributed by atoms with Crippen LogP contribution in [0.4, 0.5) is 4.39 Å². The SMILES string of the molecule is Cn1nccc1C(=O)N1CC(Cc2ccccc2F)(C(=O)NCc2ccccn2)C1. The lowest BCUT2D eigenvalue weighted by Crippen LogP contribution is -2.65. The van der Waals surface area contributed by atoms with E-state index in [0.29, 0.717) is 11.3 Å². The molecule has 3 heterocycles. The molecule has 1 N–H and O–H groups in total. The normalized spacial score (nSPS) is 14.8. The van der Waals surface area contributed by atoms with Crippen molar-refractivity contribution in [1.29, 1.82) is 0 Å². The Morgan fingerprint density at radius 2 is 1.87 bits per heavy atom. The first-order valence-corrected chi connectivity index (χ1v) is 9.67. The third-order valence-corrected chi connectivity index (χ3v) is 5.44. The molecule has 0 spiro atoms. The fraction of sp³-hybridized carbons (Fsp3) is 0.273. The van der Waals surface area contributed by atoms with Crippen molar-refractivity contribution in [3.63, 3.8) is 0 Å². The first-order valence-electron chi connectivity index (χ1n) is 9.67. The summed E-state index contributed by atoms with van der Waals surface area (Å²) in [4.78, 5) is 31.7.